The molecule has 0 amide bonds. The number of hydrogen-bond acceptors (Lipinski definition) is 2. The zero-order chi connectivity index (χ0) is 23.3. The van der Waals surface area contributed by atoms with E-state index in [-0.39, 0.29) is 29.6 Å². The minimum absolute atomic E-state index is 0.0855. The summed E-state index contributed by atoms with van der Waals surface area (Å²) in [6.07, 6.45) is 4.98. The summed E-state index contributed by atoms with van der Waals surface area (Å²) in [5, 5.41) is 0. The minimum Gasteiger partial charge on any atom is -0.494 e. The maximum absolute atomic E-state index is 14.9. The van der Waals surface area contributed by atoms with Gasteiger partial charge in [-0.2, -0.15) is 0 Å². The fourth-order valence-corrected chi connectivity index (χ4v) is 3.99. The highest BCUT2D eigenvalue weighted by Gasteiger charge is 2.25. The van der Waals surface area contributed by atoms with Crippen molar-refractivity contribution in [3.05, 3.63) is 95.7 Å². The summed E-state index contributed by atoms with van der Waals surface area (Å²) in [7, 11) is 1.32. The molecule has 0 spiro atoms. The van der Waals surface area contributed by atoms with Crippen molar-refractivity contribution in [2.75, 3.05) is 7.11 Å². The van der Waals surface area contributed by atoms with Gasteiger partial charge in [0.15, 0.2) is 17.5 Å². The molecule has 0 N–H and O–H groups in total. The lowest BCUT2D eigenvalue weighted by atomic mass is 9.79. The second-order valence-electron chi connectivity index (χ2n) is 8.36. The lowest BCUT2D eigenvalue weighted by Gasteiger charge is -2.27. The predicted molar refractivity (Wildman–Crippen MR) is 121 cm³/mol. The van der Waals surface area contributed by atoms with Gasteiger partial charge in [-0.3, -0.25) is 0 Å². The standard InChI is InChI=1S/C27H29F3O2/c1-17-5-9-21(10-6-17)23-13-14-24(27(30)26(23)29)22-11-7-20(8-12-22)16-32-18(2)15-25(28)19(3)31-4/h7-8,11-15,17,21H,2-3,5-6,9-10,16H2,1,4H3/b25-15+. The average Bonchev–Trinajstić information content (AvgIpc) is 2.80. The first kappa shape index (κ1) is 23.7. The lowest BCUT2D eigenvalue weighted by Crippen LogP contribution is -2.13. The molecular weight excluding hydrogens is 413 g/mol. The van der Waals surface area contributed by atoms with Crippen molar-refractivity contribution in [3.8, 4) is 11.1 Å². The number of rotatable bonds is 8. The Morgan fingerprint density at radius 3 is 2.28 bits per heavy atom. The number of allylic oxidation sites excluding steroid dienone is 2. The Balaban J connectivity index is 1.67. The van der Waals surface area contributed by atoms with Gasteiger partial charge in [0.25, 0.3) is 0 Å². The summed E-state index contributed by atoms with van der Waals surface area (Å²) in [5.41, 5.74) is 2.08. The molecule has 1 saturated carbocycles. The number of halogens is 3. The maximum atomic E-state index is 14.9. The van der Waals surface area contributed by atoms with Crippen molar-refractivity contribution in [1.82, 2.24) is 0 Å². The van der Waals surface area contributed by atoms with E-state index in [0.717, 1.165) is 37.3 Å². The van der Waals surface area contributed by atoms with Gasteiger partial charge in [0.05, 0.1) is 7.11 Å². The van der Waals surface area contributed by atoms with Crippen LogP contribution in [0.15, 0.2) is 73.0 Å². The molecule has 2 aromatic rings. The molecule has 0 aliphatic heterocycles. The molecule has 170 valence electrons. The first-order chi connectivity index (χ1) is 15.3. The number of methoxy groups -OCH3 is 1. The molecule has 0 bridgehead atoms. The third kappa shape index (κ3) is 5.64. The van der Waals surface area contributed by atoms with E-state index in [9.17, 15) is 13.2 Å². The fraction of sp³-hybridized carbons (Fsp3) is 0.333. The van der Waals surface area contributed by atoms with Crippen molar-refractivity contribution >= 4 is 0 Å². The van der Waals surface area contributed by atoms with E-state index in [1.54, 1.807) is 36.4 Å². The molecule has 0 saturated heterocycles. The van der Waals surface area contributed by atoms with E-state index in [4.69, 9.17) is 9.47 Å². The summed E-state index contributed by atoms with van der Waals surface area (Å²) in [6, 6.07) is 10.3. The topological polar surface area (TPSA) is 18.5 Å². The monoisotopic (exact) mass is 442 g/mol. The Hall–Kier alpha value is -2.95. The Labute approximate surface area is 188 Å². The smallest absolute Gasteiger partial charge is 0.168 e. The fourth-order valence-electron chi connectivity index (χ4n) is 3.99. The summed E-state index contributed by atoms with van der Waals surface area (Å²) < 4.78 is 53.5. The quantitative estimate of drug-likeness (QED) is 0.305. The van der Waals surface area contributed by atoms with Gasteiger partial charge >= 0.3 is 0 Å². The molecule has 2 aromatic carbocycles. The molecule has 0 radical (unpaired) electrons. The largest absolute Gasteiger partial charge is 0.494 e. The Morgan fingerprint density at radius 1 is 1.00 bits per heavy atom. The Kier molecular flexibility index (Phi) is 7.84. The predicted octanol–water partition coefficient (Wildman–Crippen LogP) is 7.97. The van der Waals surface area contributed by atoms with Crippen LogP contribution in [0.3, 0.4) is 0 Å². The molecule has 1 aliphatic carbocycles. The highest BCUT2D eigenvalue weighted by Crippen LogP contribution is 2.38. The molecule has 32 heavy (non-hydrogen) atoms. The molecule has 0 atom stereocenters. The van der Waals surface area contributed by atoms with Crippen molar-refractivity contribution in [1.29, 1.82) is 0 Å². The normalized spacial score (nSPS) is 18.8. The third-order valence-corrected chi connectivity index (χ3v) is 6.06. The minimum atomic E-state index is -0.808. The van der Waals surface area contributed by atoms with Gasteiger partial charge in [0, 0.05) is 11.6 Å². The third-order valence-electron chi connectivity index (χ3n) is 6.06. The second-order valence-corrected chi connectivity index (χ2v) is 8.36. The second kappa shape index (κ2) is 10.6. The summed E-state index contributed by atoms with van der Waals surface area (Å²) in [4.78, 5) is 0. The molecule has 3 rings (SSSR count). The zero-order valence-corrected chi connectivity index (χ0v) is 18.6. The zero-order valence-electron chi connectivity index (χ0n) is 18.6. The molecule has 0 heterocycles. The van der Waals surface area contributed by atoms with Crippen LogP contribution in [-0.4, -0.2) is 7.11 Å². The molecule has 1 aliphatic rings. The molecule has 0 aromatic heterocycles. The van der Waals surface area contributed by atoms with Crippen LogP contribution >= 0.6 is 0 Å². The average molecular weight is 443 g/mol. The van der Waals surface area contributed by atoms with Crippen molar-refractivity contribution < 1.29 is 22.6 Å². The Morgan fingerprint density at radius 2 is 1.66 bits per heavy atom. The van der Waals surface area contributed by atoms with Crippen LogP contribution in [0.2, 0.25) is 0 Å². The maximum Gasteiger partial charge on any atom is 0.168 e. The first-order valence-electron chi connectivity index (χ1n) is 10.8. The van der Waals surface area contributed by atoms with Gasteiger partial charge < -0.3 is 9.47 Å². The molecule has 5 heteroatoms. The highest BCUT2D eigenvalue weighted by atomic mass is 19.2. The SMILES string of the molecule is C=C(/C=C(/F)C(=C)OC)OCc1ccc(-c2ccc(C3CCC(C)CC3)c(F)c2F)cc1. The molecule has 1 fully saturated rings. The summed E-state index contributed by atoms with van der Waals surface area (Å²) >= 11 is 0. The molecular formula is C27H29F3O2. The van der Waals surface area contributed by atoms with E-state index in [2.05, 4.69) is 20.1 Å². The lowest BCUT2D eigenvalue weighted by molar-refractivity contribution is 0.210. The van der Waals surface area contributed by atoms with Crippen LogP contribution in [0.5, 0.6) is 0 Å². The summed E-state index contributed by atoms with van der Waals surface area (Å²) in [5.74, 6) is -1.48. The van der Waals surface area contributed by atoms with E-state index in [1.807, 2.05) is 0 Å². The molecule has 2 nitrogen and oxygen atoms in total. The van der Waals surface area contributed by atoms with E-state index in [0.29, 0.717) is 17.0 Å². The van der Waals surface area contributed by atoms with Crippen molar-refractivity contribution in [2.45, 2.75) is 45.1 Å². The first-order valence-corrected chi connectivity index (χ1v) is 10.8. The van der Waals surface area contributed by atoms with Crippen LogP contribution in [0, 0.1) is 17.6 Å². The van der Waals surface area contributed by atoms with Gasteiger partial charge in [-0.1, -0.05) is 69.3 Å². The van der Waals surface area contributed by atoms with E-state index < -0.39 is 17.5 Å². The van der Waals surface area contributed by atoms with Gasteiger partial charge in [-0.15, -0.1) is 0 Å². The van der Waals surface area contributed by atoms with Gasteiger partial charge in [-0.05, 0) is 41.4 Å². The van der Waals surface area contributed by atoms with Crippen molar-refractivity contribution in [2.24, 2.45) is 5.92 Å². The van der Waals surface area contributed by atoms with Crippen LogP contribution in [-0.2, 0) is 16.1 Å². The number of benzene rings is 2. The van der Waals surface area contributed by atoms with Crippen LogP contribution in [0.4, 0.5) is 13.2 Å². The van der Waals surface area contributed by atoms with E-state index in [1.165, 1.54) is 7.11 Å². The van der Waals surface area contributed by atoms with Crippen LogP contribution in [0.25, 0.3) is 11.1 Å². The highest BCUT2D eigenvalue weighted by molar-refractivity contribution is 5.65. The van der Waals surface area contributed by atoms with Gasteiger partial charge in [0.1, 0.15) is 18.1 Å². The summed E-state index contributed by atoms with van der Waals surface area (Å²) in [6.45, 7) is 9.40. The number of ether oxygens (including phenoxy) is 2. The van der Waals surface area contributed by atoms with Gasteiger partial charge in [-0.25, -0.2) is 13.2 Å². The Bertz CT molecular complexity index is 1000. The van der Waals surface area contributed by atoms with Crippen molar-refractivity contribution in [3.63, 3.8) is 0 Å². The van der Waals surface area contributed by atoms with Gasteiger partial charge in [0.2, 0.25) is 0 Å². The van der Waals surface area contributed by atoms with Crippen LogP contribution in [0.1, 0.15) is 49.7 Å². The number of hydrogen-bond donors (Lipinski definition) is 0. The molecule has 0 unspecified atom stereocenters. The van der Waals surface area contributed by atoms with E-state index >= 15 is 0 Å². The van der Waals surface area contributed by atoms with Crippen LogP contribution < -0.4 is 0 Å².